The molecular weight excluding hydrogens is 385 g/mol. The Hall–Kier alpha value is -3.07. The van der Waals surface area contributed by atoms with Crippen LogP contribution in [0.25, 0.3) is 11.3 Å². The number of anilines is 2. The van der Waals surface area contributed by atoms with Crippen molar-refractivity contribution in [1.29, 1.82) is 0 Å². The smallest absolute Gasteiger partial charge is 0.151 e. The predicted octanol–water partition coefficient (Wildman–Crippen LogP) is 2.60. The van der Waals surface area contributed by atoms with E-state index in [9.17, 15) is 9.50 Å². The summed E-state index contributed by atoms with van der Waals surface area (Å²) in [5, 5.41) is 29.5. The van der Waals surface area contributed by atoms with Crippen molar-refractivity contribution in [2.45, 2.75) is 43.6 Å². The van der Waals surface area contributed by atoms with Crippen LogP contribution in [-0.2, 0) is 0 Å². The second kappa shape index (κ2) is 8.35. The van der Waals surface area contributed by atoms with Crippen LogP contribution in [0.3, 0.4) is 0 Å². The van der Waals surface area contributed by atoms with Gasteiger partial charge in [-0.05, 0) is 43.5 Å². The molecule has 0 radical (unpaired) electrons. The second-order valence-corrected chi connectivity index (χ2v) is 7.87. The van der Waals surface area contributed by atoms with E-state index in [0.29, 0.717) is 23.1 Å². The quantitative estimate of drug-likeness (QED) is 0.432. The number of benzene rings is 1. The fraction of sp³-hybridized carbons (Fsp3) is 0.429. The van der Waals surface area contributed by atoms with Crippen molar-refractivity contribution in [2.24, 2.45) is 10.2 Å². The minimum atomic E-state index is -0.927. The Morgan fingerprint density at radius 3 is 2.77 bits per heavy atom. The van der Waals surface area contributed by atoms with E-state index in [4.69, 9.17) is 0 Å². The summed E-state index contributed by atoms with van der Waals surface area (Å²) in [7, 11) is 3.66. The molecule has 8 nitrogen and oxygen atoms in total. The van der Waals surface area contributed by atoms with E-state index in [1.807, 2.05) is 24.1 Å². The Labute approximate surface area is 175 Å². The molecule has 2 fully saturated rings. The number of nitrogens with one attached hydrogen (secondary N) is 1. The number of fused-ring (bicyclic) bond motifs is 2. The van der Waals surface area contributed by atoms with Crippen molar-refractivity contribution in [2.75, 3.05) is 23.9 Å². The molecule has 2 saturated heterocycles. The van der Waals surface area contributed by atoms with Gasteiger partial charge >= 0.3 is 0 Å². The zero-order valence-electron chi connectivity index (χ0n) is 17.1. The van der Waals surface area contributed by atoms with Gasteiger partial charge in [0.25, 0.3) is 0 Å². The summed E-state index contributed by atoms with van der Waals surface area (Å²) in [5.41, 5.74) is 1.85. The van der Waals surface area contributed by atoms with Crippen LogP contribution < -0.4 is 15.1 Å². The first-order valence-corrected chi connectivity index (χ1v) is 10.00. The molecule has 4 rings (SSSR count). The minimum absolute atomic E-state index is 0.0654. The van der Waals surface area contributed by atoms with Gasteiger partial charge in [-0.2, -0.15) is 5.10 Å². The lowest BCUT2D eigenvalue weighted by molar-refractivity contribution is 0.176. The van der Waals surface area contributed by atoms with Crippen LogP contribution in [0.15, 0.2) is 40.5 Å². The highest BCUT2D eigenvalue weighted by atomic mass is 19.1. The highest BCUT2D eigenvalue weighted by Crippen LogP contribution is 2.34. The van der Waals surface area contributed by atoms with Gasteiger partial charge in [-0.25, -0.2) is 4.39 Å². The molecule has 9 heteroatoms. The molecule has 0 spiro atoms. The lowest BCUT2D eigenvalue weighted by Gasteiger charge is -2.38. The van der Waals surface area contributed by atoms with Gasteiger partial charge in [0, 0.05) is 50.2 Å². The molecule has 1 aromatic heterocycles. The topological polar surface area (TPSA) is 89.2 Å². The first-order valence-electron chi connectivity index (χ1n) is 10.00. The maximum atomic E-state index is 14.8. The number of halogens is 1. The number of aromatic nitrogens is 2. The maximum Gasteiger partial charge on any atom is 0.151 e. The fourth-order valence-electron chi connectivity index (χ4n) is 4.31. The Bertz CT molecular complexity index is 935. The number of phenolic OH excluding ortho intramolecular Hbond substituents is 1. The van der Waals surface area contributed by atoms with Gasteiger partial charge in [0.15, 0.2) is 5.82 Å². The maximum absolute atomic E-state index is 14.8. The summed E-state index contributed by atoms with van der Waals surface area (Å²) in [5.74, 6) is 0.699. The molecular formula is C21H26FN7O. The van der Waals surface area contributed by atoms with E-state index < -0.39 is 6.17 Å². The first-order chi connectivity index (χ1) is 14.5. The monoisotopic (exact) mass is 411 g/mol. The minimum Gasteiger partial charge on any atom is -0.507 e. The average Bonchev–Trinajstić information content (AvgIpc) is 3.17. The van der Waals surface area contributed by atoms with Gasteiger partial charge in [-0.15, -0.1) is 15.3 Å². The summed E-state index contributed by atoms with van der Waals surface area (Å²) >= 11 is 0. The lowest BCUT2D eigenvalue weighted by atomic mass is 9.96. The van der Waals surface area contributed by atoms with Crippen LogP contribution in [0.4, 0.5) is 15.9 Å². The van der Waals surface area contributed by atoms with Gasteiger partial charge in [-0.1, -0.05) is 0 Å². The van der Waals surface area contributed by atoms with Crippen molar-refractivity contribution in [3.8, 4) is 17.0 Å². The molecule has 2 bridgehead atoms. The number of nitrogens with zero attached hydrogens (tertiary/aromatic N) is 6. The Balaban J connectivity index is 1.51. The highest BCUT2D eigenvalue weighted by molar-refractivity contribution is 5.81. The van der Waals surface area contributed by atoms with E-state index in [1.54, 1.807) is 30.1 Å². The van der Waals surface area contributed by atoms with E-state index in [0.717, 1.165) is 24.9 Å². The number of piperidine rings is 1. The lowest BCUT2D eigenvalue weighted by Crippen LogP contribution is -2.55. The number of rotatable bonds is 6. The molecule has 1 aromatic carbocycles. The summed E-state index contributed by atoms with van der Waals surface area (Å²) in [6.45, 7) is 3.29. The molecule has 2 aromatic rings. The molecule has 2 aliphatic rings. The molecule has 158 valence electrons. The highest BCUT2D eigenvalue weighted by Gasteiger charge is 2.43. The molecule has 2 aliphatic heterocycles. The normalized spacial score (nSPS) is 25.4. The van der Waals surface area contributed by atoms with Crippen molar-refractivity contribution < 1.29 is 9.50 Å². The zero-order chi connectivity index (χ0) is 21.3. The van der Waals surface area contributed by atoms with E-state index in [2.05, 4.69) is 32.4 Å². The molecule has 30 heavy (non-hydrogen) atoms. The summed E-state index contributed by atoms with van der Waals surface area (Å²) in [6.07, 6.45) is 3.25. The number of aromatic hydroxyl groups is 1. The number of hydrogen-bond acceptors (Lipinski definition) is 7. The van der Waals surface area contributed by atoms with Crippen molar-refractivity contribution in [3.63, 3.8) is 0 Å². The Morgan fingerprint density at radius 2 is 2.07 bits per heavy atom. The van der Waals surface area contributed by atoms with Gasteiger partial charge in [-0.3, -0.25) is 0 Å². The summed E-state index contributed by atoms with van der Waals surface area (Å²) in [4.78, 5) is 3.60. The summed E-state index contributed by atoms with van der Waals surface area (Å²) in [6, 6.07) is 8.94. The molecule has 0 saturated carbocycles. The molecule has 0 amide bonds. The van der Waals surface area contributed by atoms with Crippen LogP contribution in [0.1, 0.15) is 19.3 Å². The fourth-order valence-corrected chi connectivity index (χ4v) is 4.31. The molecule has 2 N–H and O–H groups in total. The first kappa shape index (κ1) is 20.2. The summed E-state index contributed by atoms with van der Waals surface area (Å²) < 4.78 is 14.8. The largest absolute Gasteiger partial charge is 0.507 e. The van der Waals surface area contributed by atoms with Crippen LogP contribution in [0.2, 0.25) is 0 Å². The van der Waals surface area contributed by atoms with Crippen molar-refractivity contribution in [1.82, 2.24) is 15.5 Å². The average molecular weight is 411 g/mol. The van der Waals surface area contributed by atoms with Crippen LogP contribution in [0, 0.1) is 0 Å². The van der Waals surface area contributed by atoms with Crippen LogP contribution in [0.5, 0.6) is 5.75 Å². The predicted molar refractivity (Wildman–Crippen MR) is 117 cm³/mol. The Morgan fingerprint density at radius 1 is 1.23 bits per heavy atom. The molecule has 2 unspecified atom stereocenters. The number of phenols is 1. The van der Waals surface area contributed by atoms with Crippen LogP contribution >= 0.6 is 0 Å². The van der Waals surface area contributed by atoms with E-state index in [1.165, 1.54) is 6.34 Å². The van der Waals surface area contributed by atoms with Gasteiger partial charge < -0.3 is 20.2 Å². The molecule has 0 aliphatic carbocycles. The zero-order valence-corrected chi connectivity index (χ0v) is 17.1. The number of hydrogen-bond donors (Lipinski definition) is 2. The SMILES string of the molecule is C=N/N=C\N(C)c1ccc(-c2ccc(N(C)[C@H]3CC4CCC(N4)[C@H]3F)nn2)c(O)c1. The van der Waals surface area contributed by atoms with Crippen molar-refractivity contribution >= 4 is 24.6 Å². The molecule has 4 atom stereocenters. The third-order valence-electron chi connectivity index (χ3n) is 6.03. The third kappa shape index (κ3) is 3.85. The van der Waals surface area contributed by atoms with Gasteiger partial charge in [0.1, 0.15) is 18.3 Å². The second-order valence-electron chi connectivity index (χ2n) is 7.87. The van der Waals surface area contributed by atoms with Crippen LogP contribution in [-0.4, -0.2) is 66.8 Å². The number of alkyl halides is 1. The van der Waals surface area contributed by atoms with E-state index in [-0.39, 0.29) is 17.8 Å². The van der Waals surface area contributed by atoms with Crippen molar-refractivity contribution in [3.05, 3.63) is 30.3 Å². The Kier molecular flexibility index (Phi) is 5.63. The van der Waals surface area contributed by atoms with Gasteiger partial charge in [0.05, 0.1) is 11.7 Å². The third-order valence-corrected chi connectivity index (χ3v) is 6.03. The van der Waals surface area contributed by atoms with E-state index >= 15 is 0 Å². The standard InChI is InChI=1S/C21H26FN7O/c1-23-24-12-28(2)14-5-6-15(19(30)11-14)16-8-9-20(27-26-16)29(3)18-10-13-4-7-17(25-13)21(18)22/h5-6,8-9,11-13,17-18,21,25,30H,1,4,7,10H2,2-3H3/b24-12-/t13?,17?,18-,21+/m0/s1. The van der Waals surface area contributed by atoms with Gasteiger partial charge in [0.2, 0.25) is 0 Å². The molecule has 3 heterocycles.